The van der Waals surface area contributed by atoms with E-state index >= 15 is 0 Å². The zero-order chi connectivity index (χ0) is 12.5. The van der Waals surface area contributed by atoms with Gasteiger partial charge in [-0.25, -0.2) is 0 Å². The average Bonchev–Trinajstić information content (AvgIpc) is 2.23. The van der Waals surface area contributed by atoms with E-state index in [0.717, 1.165) is 0 Å². The molecular formula is C8H9NO3. The van der Waals surface area contributed by atoms with E-state index in [9.17, 15) is 9.90 Å². The van der Waals surface area contributed by atoms with Crippen molar-refractivity contribution in [1.29, 1.82) is 0 Å². The van der Waals surface area contributed by atoms with Crippen molar-refractivity contribution in [1.82, 2.24) is 0 Å². The van der Waals surface area contributed by atoms with Crippen LogP contribution in [0.4, 0.5) is 5.69 Å². The maximum absolute atomic E-state index is 10.3. The lowest BCUT2D eigenvalue weighted by atomic mass is 10.3. The third-order valence-electron chi connectivity index (χ3n) is 1.03. The highest BCUT2D eigenvalue weighted by Crippen LogP contribution is 2.12. The van der Waals surface area contributed by atoms with Crippen molar-refractivity contribution in [2.24, 2.45) is 0 Å². The molecule has 4 heteroatoms. The molecule has 0 heterocycles. The highest BCUT2D eigenvalue weighted by molar-refractivity contribution is 5.72. The van der Waals surface area contributed by atoms with Gasteiger partial charge in [0.25, 0.3) is 0 Å². The lowest BCUT2D eigenvalue weighted by molar-refractivity contribution is -0.134. The molecular weight excluding hydrogens is 158 g/mol. The van der Waals surface area contributed by atoms with E-state index in [2.05, 4.69) is 5.32 Å². The lowest BCUT2D eigenvalue weighted by Gasteiger charge is -2.01. The van der Waals surface area contributed by atoms with E-state index in [-0.39, 0.29) is 5.69 Å². The number of carboxylic acid groups (broad SMARTS) is 1. The van der Waals surface area contributed by atoms with Gasteiger partial charge in [-0.15, -0.1) is 0 Å². The number of carbonyl (C=O) groups is 1. The van der Waals surface area contributed by atoms with E-state index in [1.54, 1.807) is 0 Å². The van der Waals surface area contributed by atoms with Crippen LogP contribution >= 0.6 is 0 Å². The minimum atomic E-state index is -1.19. The van der Waals surface area contributed by atoms with E-state index in [1.807, 2.05) is 0 Å². The molecule has 3 N–H and O–H groups in total. The third kappa shape index (κ3) is 2.49. The number of anilines is 1. The molecule has 0 spiro atoms. The second-order valence-corrected chi connectivity index (χ2v) is 1.97. The van der Waals surface area contributed by atoms with Crippen LogP contribution in [0, 0.1) is 0 Å². The average molecular weight is 171 g/mol. The van der Waals surface area contributed by atoms with Crippen molar-refractivity contribution in [3.05, 3.63) is 24.2 Å². The SMILES string of the molecule is [2H]c1c([2H])c(NCC(=O)O)c([2H])c([2H])c1O. The number of rotatable bonds is 3. The molecule has 0 aromatic heterocycles. The van der Waals surface area contributed by atoms with Crippen LogP contribution < -0.4 is 5.32 Å². The van der Waals surface area contributed by atoms with Crippen LogP contribution in [0.5, 0.6) is 5.75 Å². The van der Waals surface area contributed by atoms with Gasteiger partial charge < -0.3 is 15.5 Å². The van der Waals surface area contributed by atoms with Gasteiger partial charge in [-0.2, -0.15) is 0 Å². The summed E-state index contributed by atoms with van der Waals surface area (Å²) in [5, 5.41) is 19.9. The molecule has 0 aliphatic heterocycles. The zero-order valence-electron chi connectivity index (χ0n) is 10.0. The molecule has 0 radical (unpaired) electrons. The molecule has 0 amide bonds. The molecule has 1 rings (SSSR count). The quantitative estimate of drug-likeness (QED) is 0.591. The third-order valence-corrected chi connectivity index (χ3v) is 1.03. The number of phenols is 1. The van der Waals surface area contributed by atoms with E-state index in [4.69, 9.17) is 10.6 Å². The number of aromatic hydroxyl groups is 1. The number of hydrogen-bond acceptors (Lipinski definition) is 3. The fourth-order valence-corrected chi connectivity index (χ4v) is 0.558. The first-order chi connectivity index (χ1) is 7.36. The summed E-state index contributed by atoms with van der Waals surface area (Å²) < 4.78 is 29.4. The van der Waals surface area contributed by atoms with Crippen molar-refractivity contribution < 1.29 is 20.5 Å². The van der Waals surface area contributed by atoms with Crippen LogP contribution in [-0.4, -0.2) is 22.7 Å². The first-order valence-corrected chi connectivity index (χ1v) is 3.11. The molecule has 0 unspecified atom stereocenters. The Labute approximate surface area is 75.1 Å². The summed E-state index contributed by atoms with van der Waals surface area (Å²) in [4.78, 5) is 10.3. The molecule has 0 saturated heterocycles. The maximum Gasteiger partial charge on any atom is 0.322 e. The van der Waals surface area contributed by atoms with Gasteiger partial charge in [-0.05, 0) is 24.2 Å². The second-order valence-electron chi connectivity index (χ2n) is 1.97. The fourth-order valence-electron chi connectivity index (χ4n) is 0.558. The minimum absolute atomic E-state index is 0.241. The summed E-state index contributed by atoms with van der Waals surface area (Å²) in [5.74, 6) is -1.94. The summed E-state index contributed by atoms with van der Waals surface area (Å²) in [6.07, 6.45) is 0. The molecule has 0 atom stereocenters. The Morgan fingerprint density at radius 3 is 2.58 bits per heavy atom. The zero-order valence-corrected chi connectivity index (χ0v) is 6.01. The van der Waals surface area contributed by atoms with Crippen LogP contribution in [0.15, 0.2) is 24.2 Å². The summed E-state index contributed by atoms with van der Waals surface area (Å²) in [6.45, 7) is -0.526. The molecule has 0 saturated carbocycles. The first kappa shape index (κ1) is 4.35. The Balaban J connectivity index is 3.23. The molecule has 1 aromatic rings. The van der Waals surface area contributed by atoms with Crippen LogP contribution in [0.3, 0.4) is 0 Å². The summed E-state index contributed by atoms with van der Waals surface area (Å²) >= 11 is 0. The monoisotopic (exact) mass is 171 g/mol. The largest absolute Gasteiger partial charge is 0.508 e. The van der Waals surface area contributed by atoms with Gasteiger partial charge in [0, 0.05) is 5.69 Å². The molecule has 64 valence electrons. The molecule has 0 fully saturated rings. The van der Waals surface area contributed by atoms with Crippen molar-refractivity contribution in [3.8, 4) is 5.75 Å². The molecule has 1 aromatic carbocycles. The van der Waals surface area contributed by atoms with Crippen molar-refractivity contribution >= 4 is 11.7 Å². The molecule has 4 nitrogen and oxygen atoms in total. The van der Waals surface area contributed by atoms with Gasteiger partial charge in [0.05, 0.1) is 5.48 Å². The molecule has 0 aliphatic rings. The lowest BCUT2D eigenvalue weighted by Crippen LogP contribution is -2.11. The van der Waals surface area contributed by atoms with E-state index in [1.165, 1.54) is 0 Å². The van der Waals surface area contributed by atoms with Crippen molar-refractivity contribution in [3.63, 3.8) is 0 Å². The van der Waals surface area contributed by atoms with E-state index in [0.29, 0.717) is 0 Å². The number of carboxylic acids is 1. The summed E-state index contributed by atoms with van der Waals surface area (Å²) in [7, 11) is 0. The van der Waals surface area contributed by atoms with Gasteiger partial charge in [-0.1, -0.05) is 0 Å². The highest BCUT2D eigenvalue weighted by atomic mass is 16.4. The van der Waals surface area contributed by atoms with Crippen LogP contribution in [0.25, 0.3) is 0 Å². The van der Waals surface area contributed by atoms with Gasteiger partial charge in [-0.3, -0.25) is 4.79 Å². The van der Waals surface area contributed by atoms with Crippen LogP contribution in [-0.2, 0) is 4.79 Å². The smallest absolute Gasteiger partial charge is 0.322 e. The van der Waals surface area contributed by atoms with Crippen molar-refractivity contribution in [2.75, 3.05) is 11.9 Å². The first-order valence-electron chi connectivity index (χ1n) is 5.11. The molecule has 0 aliphatic carbocycles. The normalized spacial score (nSPS) is 14.0. The van der Waals surface area contributed by atoms with Crippen LogP contribution in [0.1, 0.15) is 5.48 Å². The van der Waals surface area contributed by atoms with Gasteiger partial charge in [0.2, 0.25) is 0 Å². The Morgan fingerprint density at radius 1 is 1.50 bits per heavy atom. The summed E-state index contributed by atoms with van der Waals surface area (Å²) in [5.41, 5.74) is -0.241. The standard InChI is InChI=1S/C8H9NO3/c10-7-3-1-6(2-4-7)9-5-8(11)12/h1-4,9-10H,5H2,(H,11,12)/i1D,2D,3D,4D. The van der Waals surface area contributed by atoms with Crippen molar-refractivity contribution in [2.45, 2.75) is 0 Å². The predicted octanol–water partition coefficient (Wildman–Crippen LogP) is 0.889. The Morgan fingerprint density at radius 2 is 2.08 bits per heavy atom. The number of phenolic OH excluding ortho intramolecular Hbond substituents is 1. The number of aliphatic carboxylic acids is 1. The maximum atomic E-state index is 10.3. The Bertz CT molecular complexity index is 420. The second kappa shape index (κ2) is 3.61. The molecule has 0 bridgehead atoms. The minimum Gasteiger partial charge on any atom is -0.508 e. The fraction of sp³-hybridized carbons (Fsp3) is 0.125. The van der Waals surface area contributed by atoms with Gasteiger partial charge >= 0.3 is 5.97 Å². The number of hydrogen-bond donors (Lipinski definition) is 3. The highest BCUT2D eigenvalue weighted by Gasteiger charge is 1.95. The summed E-state index contributed by atoms with van der Waals surface area (Å²) in [6, 6.07) is -2.21. The number of benzene rings is 1. The number of nitrogens with one attached hydrogen (secondary N) is 1. The van der Waals surface area contributed by atoms with Gasteiger partial charge in [0.1, 0.15) is 12.3 Å². The topological polar surface area (TPSA) is 69.6 Å². The van der Waals surface area contributed by atoms with Crippen LogP contribution in [0.2, 0.25) is 0 Å². The Hall–Kier alpha value is -1.71. The Kier molecular flexibility index (Phi) is 1.31. The van der Waals surface area contributed by atoms with Gasteiger partial charge in [0.15, 0.2) is 0 Å². The molecule has 12 heavy (non-hydrogen) atoms. The van der Waals surface area contributed by atoms with E-state index < -0.39 is 42.4 Å². The predicted molar refractivity (Wildman–Crippen MR) is 44.2 cm³/mol.